The Labute approximate surface area is 113 Å². The highest BCUT2D eigenvalue weighted by atomic mass is 79.9. The van der Waals surface area contributed by atoms with Crippen LogP contribution in [0.15, 0.2) is 21.3 Å². The lowest BCUT2D eigenvalue weighted by Crippen LogP contribution is -2.43. The Kier molecular flexibility index (Phi) is 4.91. The zero-order chi connectivity index (χ0) is 12.9. The van der Waals surface area contributed by atoms with Gasteiger partial charge in [0.25, 0.3) is 0 Å². The highest BCUT2D eigenvalue weighted by Gasteiger charge is 2.22. The average Bonchev–Trinajstić information content (AvgIpc) is 2.72. The number of hydrogen-bond acceptors (Lipinski definition) is 3. The molecule has 17 heavy (non-hydrogen) atoms. The second-order valence-corrected chi connectivity index (χ2v) is 6.09. The van der Waals surface area contributed by atoms with E-state index in [0.29, 0.717) is 6.42 Å². The van der Waals surface area contributed by atoms with Crippen molar-refractivity contribution in [2.75, 3.05) is 0 Å². The molecule has 0 aliphatic carbocycles. The molecular formula is C12H13BrN2OS. The zero-order valence-electron chi connectivity index (χ0n) is 9.66. The Hall–Kier alpha value is -1.12. The number of amides is 1. The number of carbonyl (C=O) groups is 1. The van der Waals surface area contributed by atoms with Crippen LogP contribution in [0, 0.1) is 11.3 Å². The SMILES string of the molecule is CC[C@](C)(C#N)NC(=O)/C=C/c1csc(Br)c1. The van der Waals surface area contributed by atoms with E-state index in [-0.39, 0.29) is 5.91 Å². The van der Waals surface area contributed by atoms with Gasteiger partial charge < -0.3 is 5.32 Å². The molecule has 0 saturated carbocycles. The van der Waals surface area contributed by atoms with Crippen molar-refractivity contribution in [3.63, 3.8) is 0 Å². The van der Waals surface area contributed by atoms with Crippen molar-refractivity contribution >= 4 is 39.2 Å². The molecule has 1 aromatic heterocycles. The van der Waals surface area contributed by atoms with Crippen LogP contribution in [0.5, 0.6) is 0 Å². The number of nitriles is 1. The number of hydrogen-bond donors (Lipinski definition) is 1. The number of thiophene rings is 1. The molecule has 1 N–H and O–H groups in total. The van der Waals surface area contributed by atoms with Crippen LogP contribution in [0.1, 0.15) is 25.8 Å². The average molecular weight is 313 g/mol. The predicted molar refractivity (Wildman–Crippen MR) is 73.5 cm³/mol. The summed E-state index contributed by atoms with van der Waals surface area (Å²) in [5.74, 6) is -0.252. The summed E-state index contributed by atoms with van der Waals surface area (Å²) in [4.78, 5) is 11.6. The minimum absolute atomic E-state index is 0.252. The molecule has 1 atom stereocenters. The second kappa shape index (κ2) is 5.99. The second-order valence-electron chi connectivity index (χ2n) is 3.80. The van der Waals surface area contributed by atoms with Crippen LogP contribution in [0.3, 0.4) is 0 Å². The monoisotopic (exact) mass is 312 g/mol. The first-order valence-electron chi connectivity index (χ1n) is 5.14. The van der Waals surface area contributed by atoms with Gasteiger partial charge in [-0.15, -0.1) is 11.3 Å². The van der Waals surface area contributed by atoms with E-state index in [9.17, 15) is 4.79 Å². The summed E-state index contributed by atoms with van der Waals surface area (Å²) in [5.41, 5.74) is 0.170. The number of rotatable bonds is 4. The maximum Gasteiger partial charge on any atom is 0.245 e. The zero-order valence-corrected chi connectivity index (χ0v) is 12.1. The molecule has 0 aliphatic rings. The Bertz CT molecular complexity index is 475. The molecule has 0 unspecified atom stereocenters. The Balaban J connectivity index is 2.62. The maximum atomic E-state index is 11.6. The first kappa shape index (κ1) is 13.9. The third kappa shape index (κ3) is 4.33. The maximum absolute atomic E-state index is 11.6. The first-order chi connectivity index (χ1) is 7.99. The van der Waals surface area contributed by atoms with Crippen LogP contribution < -0.4 is 5.32 Å². The Morgan fingerprint density at radius 2 is 2.47 bits per heavy atom. The van der Waals surface area contributed by atoms with E-state index in [1.54, 1.807) is 24.3 Å². The van der Waals surface area contributed by atoms with Crippen LogP contribution in [-0.4, -0.2) is 11.4 Å². The van der Waals surface area contributed by atoms with Gasteiger partial charge in [0, 0.05) is 6.08 Å². The Morgan fingerprint density at radius 1 is 1.76 bits per heavy atom. The molecular weight excluding hydrogens is 300 g/mol. The highest BCUT2D eigenvalue weighted by molar-refractivity contribution is 9.11. The molecule has 90 valence electrons. The number of halogens is 1. The molecule has 5 heteroatoms. The molecule has 1 amide bonds. The molecule has 0 saturated heterocycles. The van der Waals surface area contributed by atoms with Crippen LogP contribution in [0.2, 0.25) is 0 Å². The van der Waals surface area contributed by atoms with Gasteiger partial charge in [0.15, 0.2) is 0 Å². The Morgan fingerprint density at radius 3 is 2.94 bits per heavy atom. The van der Waals surface area contributed by atoms with Crippen molar-refractivity contribution < 1.29 is 4.79 Å². The van der Waals surface area contributed by atoms with Gasteiger partial charge >= 0.3 is 0 Å². The van der Waals surface area contributed by atoms with Gasteiger partial charge in [-0.05, 0) is 52.4 Å². The molecule has 0 aromatic carbocycles. The number of nitrogens with one attached hydrogen (secondary N) is 1. The normalized spacial score (nSPS) is 14.2. The van der Waals surface area contributed by atoms with Crippen molar-refractivity contribution in [1.82, 2.24) is 5.32 Å². The fourth-order valence-corrected chi connectivity index (χ4v) is 2.24. The molecule has 0 aliphatic heterocycles. The molecule has 0 bridgehead atoms. The largest absolute Gasteiger partial charge is 0.334 e. The molecule has 1 heterocycles. The predicted octanol–water partition coefficient (Wildman–Crippen LogP) is 3.33. The minimum atomic E-state index is -0.795. The molecule has 0 radical (unpaired) electrons. The number of nitrogens with zero attached hydrogens (tertiary/aromatic N) is 1. The van der Waals surface area contributed by atoms with Crippen molar-refractivity contribution in [1.29, 1.82) is 5.26 Å². The summed E-state index contributed by atoms with van der Waals surface area (Å²) >= 11 is 4.91. The van der Waals surface area contributed by atoms with Gasteiger partial charge in [-0.2, -0.15) is 5.26 Å². The van der Waals surface area contributed by atoms with Crippen LogP contribution in [0.4, 0.5) is 0 Å². The van der Waals surface area contributed by atoms with E-state index in [4.69, 9.17) is 5.26 Å². The van der Waals surface area contributed by atoms with E-state index in [2.05, 4.69) is 27.3 Å². The summed E-state index contributed by atoms with van der Waals surface area (Å²) in [6.45, 7) is 3.57. The van der Waals surface area contributed by atoms with Crippen LogP contribution in [-0.2, 0) is 4.79 Å². The summed E-state index contributed by atoms with van der Waals surface area (Å²) in [6.07, 6.45) is 3.75. The van der Waals surface area contributed by atoms with Gasteiger partial charge in [0.05, 0.1) is 9.86 Å². The molecule has 1 rings (SSSR count). The van der Waals surface area contributed by atoms with Gasteiger partial charge in [0.2, 0.25) is 5.91 Å². The standard InChI is InChI=1S/C12H13BrN2OS/c1-3-12(2,8-14)15-11(16)5-4-9-6-10(13)17-7-9/h4-7H,3H2,1-2H3,(H,15,16)/b5-4+/t12-/m1/s1. The lowest BCUT2D eigenvalue weighted by atomic mass is 10.0. The topological polar surface area (TPSA) is 52.9 Å². The van der Waals surface area contributed by atoms with E-state index in [1.165, 1.54) is 6.08 Å². The lowest BCUT2D eigenvalue weighted by Gasteiger charge is -2.19. The fraction of sp³-hybridized carbons (Fsp3) is 0.333. The summed E-state index contributed by atoms with van der Waals surface area (Å²) < 4.78 is 1.02. The molecule has 0 fully saturated rings. The van der Waals surface area contributed by atoms with Crippen LogP contribution in [0.25, 0.3) is 6.08 Å². The number of carbonyl (C=O) groups excluding carboxylic acids is 1. The van der Waals surface area contributed by atoms with Gasteiger partial charge in [0.1, 0.15) is 5.54 Å². The van der Waals surface area contributed by atoms with Gasteiger partial charge in [-0.25, -0.2) is 0 Å². The summed E-state index contributed by atoms with van der Waals surface area (Å²) in [7, 11) is 0. The molecule has 1 aromatic rings. The van der Waals surface area contributed by atoms with Crippen molar-refractivity contribution in [3.8, 4) is 6.07 Å². The summed E-state index contributed by atoms with van der Waals surface area (Å²) in [5, 5.41) is 13.5. The third-order valence-corrected chi connectivity index (χ3v) is 3.89. The quantitative estimate of drug-likeness (QED) is 0.867. The summed E-state index contributed by atoms with van der Waals surface area (Å²) in [6, 6.07) is 4.02. The van der Waals surface area contributed by atoms with E-state index >= 15 is 0 Å². The van der Waals surface area contributed by atoms with Crippen molar-refractivity contribution in [3.05, 3.63) is 26.9 Å². The third-order valence-electron chi connectivity index (χ3n) is 2.37. The van der Waals surface area contributed by atoms with Crippen molar-refractivity contribution in [2.45, 2.75) is 25.8 Å². The smallest absolute Gasteiger partial charge is 0.245 e. The molecule has 3 nitrogen and oxygen atoms in total. The van der Waals surface area contributed by atoms with E-state index in [0.717, 1.165) is 9.35 Å². The van der Waals surface area contributed by atoms with E-state index < -0.39 is 5.54 Å². The van der Waals surface area contributed by atoms with Crippen molar-refractivity contribution in [2.24, 2.45) is 0 Å². The molecule has 0 spiro atoms. The van der Waals surface area contributed by atoms with Crippen LogP contribution >= 0.6 is 27.3 Å². The minimum Gasteiger partial charge on any atom is -0.334 e. The fourth-order valence-electron chi connectivity index (χ4n) is 1.09. The van der Waals surface area contributed by atoms with E-state index in [1.807, 2.05) is 18.4 Å². The van der Waals surface area contributed by atoms with Gasteiger partial charge in [-0.1, -0.05) is 6.92 Å². The highest BCUT2D eigenvalue weighted by Crippen LogP contribution is 2.21. The van der Waals surface area contributed by atoms with Gasteiger partial charge in [-0.3, -0.25) is 4.79 Å². The lowest BCUT2D eigenvalue weighted by molar-refractivity contribution is -0.117. The first-order valence-corrected chi connectivity index (χ1v) is 6.82.